The van der Waals surface area contributed by atoms with Crippen molar-refractivity contribution in [1.82, 2.24) is 10.3 Å². The molecule has 0 radical (unpaired) electrons. The normalized spacial score (nSPS) is 22.7. The van der Waals surface area contributed by atoms with Gasteiger partial charge in [-0.3, -0.25) is 14.4 Å². The Hall–Kier alpha value is -2.94. The molecule has 4 N–H and O–H groups in total. The maximum Gasteiger partial charge on any atom is 0.252 e. The Balaban J connectivity index is 1.27. The summed E-state index contributed by atoms with van der Waals surface area (Å²) < 4.78 is 0.538. The highest BCUT2D eigenvalue weighted by atomic mass is 79.9. The summed E-state index contributed by atoms with van der Waals surface area (Å²) in [5.74, 6) is 0.590. The van der Waals surface area contributed by atoms with Gasteiger partial charge in [0.1, 0.15) is 5.82 Å². The van der Waals surface area contributed by atoms with Crippen molar-refractivity contribution in [3.63, 3.8) is 0 Å². The summed E-state index contributed by atoms with van der Waals surface area (Å²) in [6.07, 6.45) is 7.48. The Morgan fingerprint density at radius 3 is 2.29 bits per heavy atom. The number of ketones is 1. The fourth-order valence-electron chi connectivity index (χ4n) is 5.66. The SMILES string of the molecule is CC(C)(C)CNc1cc(C(=O)N[C@H]2C[C@H]3CC[C@@H](C2)N3c2ccc(C(=O)C3CC3)cn2)c(Br)cc1C(N)=O. The summed E-state index contributed by atoms with van der Waals surface area (Å²) in [6.45, 7) is 6.90. The molecule has 2 saturated heterocycles. The monoisotopic (exact) mass is 581 g/mol. The molecule has 5 rings (SSSR count). The topological polar surface area (TPSA) is 117 Å². The second kappa shape index (κ2) is 10.3. The maximum absolute atomic E-state index is 13.4. The number of anilines is 2. The first kappa shape index (κ1) is 26.7. The van der Waals surface area contributed by atoms with Crippen molar-refractivity contribution in [2.45, 2.75) is 77.4 Å². The number of hydrogen-bond acceptors (Lipinski definition) is 6. The minimum Gasteiger partial charge on any atom is -0.384 e. The Bertz CT molecular complexity index is 1240. The van der Waals surface area contributed by atoms with Gasteiger partial charge in [0.15, 0.2) is 5.78 Å². The summed E-state index contributed by atoms with van der Waals surface area (Å²) in [7, 11) is 0. The van der Waals surface area contributed by atoms with Crippen LogP contribution in [-0.4, -0.2) is 47.3 Å². The first-order valence-corrected chi connectivity index (χ1v) is 14.3. The molecule has 0 spiro atoms. The number of carbonyl (C=O) groups is 3. The number of benzene rings is 1. The average Bonchev–Trinajstić information content (AvgIpc) is 3.67. The standard InChI is InChI=1S/C29H36BrN5O3/c1-29(2,3)15-33-24-13-21(23(30)12-22(24)27(31)37)28(38)34-18-10-19-7-8-20(11-18)35(19)25-9-6-17(14-32-25)26(36)16-4-5-16/h6,9,12-14,16,18-20,33H,4-5,7-8,10-11,15H2,1-3H3,(H2,31,37)(H,34,38)/t18-,19+,20-. The Labute approximate surface area is 232 Å². The number of hydrogen-bond donors (Lipinski definition) is 3. The van der Waals surface area contributed by atoms with E-state index in [9.17, 15) is 14.4 Å². The lowest BCUT2D eigenvalue weighted by Gasteiger charge is -2.40. The molecule has 3 heterocycles. The number of nitrogens with one attached hydrogen (secondary N) is 2. The molecule has 8 nitrogen and oxygen atoms in total. The van der Waals surface area contributed by atoms with Crippen LogP contribution in [0.2, 0.25) is 0 Å². The number of piperidine rings is 1. The number of nitrogens with two attached hydrogens (primary N) is 1. The van der Waals surface area contributed by atoms with Gasteiger partial charge in [-0.1, -0.05) is 20.8 Å². The summed E-state index contributed by atoms with van der Waals surface area (Å²) in [6, 6.07) is 7.85. The Morgan fingerprint density at radius 2 is 1.74 bits per heavy atom. The highest BCUT2D eigenvalue weighted by Gasteiger charge is 2.42. The van der Waals surface area contributed by atoms with Gasteiger partial charge in [0.2, 0.25) is 0 Å². The quantitative estimate of drug-likeness (QED) is 0.381. The fourth-order valence-corrected chi connectivity index (χ4v) is 6.18. The summed E-state index contributed by atoms with van der Waals surface area (Å²) in [5.41, 5.74) is 7.68. The Morgan fingerprint density at radius 1 is 1.05 bits per heavy atom. The van der Waals surface area contributed by atoms with E-state index in [0.29, 0.717) is 45.5 Å². The zero-order valence-corrected chi connectivity index (χ0v) is 23.8. The van der Waals surface area contributed by atoms with Crippen molar-refractivity contribution in [2.24, 2.45) is 17.1 Å². The first-order chi connectivity index (χ1) is 18.0. The van der Waals surface area contributed by atoms with Gasteiger partial charge in [-0.15, -0.1) is 0 Å². The van der Waals surface area contributed by atoms with Crippen LogP contribution in [0.5, 0.6) is 0 Å². The summed E-state index contributed by atoms with van der Waals surface area (Å²) in [5, 5.41) is 6.53. The van der Waals surface area contributed by atoms with E-state index < -0.39 is 5.91 Å². The number of primary amides is 1. The molecule has 2 amide bonds. The van der Waals surface area contributed by atoms with Crippen LogP contribution in [0.4, 0.5) is 11.5 Å². The highest BCUT2D eigenvalue weighted by molar-refractivity contribution is 9.10. The molecule has 3 atom stereocenters. The van der Waals surface area contributed by atoms with Crippen LogP contribution in [0.15, 0.2) is 34.9 Å². The lowest BCUT2D eigenvalue weighted by atomic mass is 9.96. The average molecular weight is 583 g/mol. The van der Waals surface area contributed by atoms with Crippen LogP contribution in [0, 0.1) is 11.3 Å². The van der Waals surface area contributed by atoms with Crippen LogP contribution in [-0.2, 0) is 0 Å². The van der Waals surface area contributed by atoms with E-state index >= 15 is 0 Å². The number of fused-ring (bicyclic) bond motifs is 2. The van der Waals surface area contributed by atoms with Gasteiger partial charge in [-0.05, 0) is 84.1 Å². The number of amides is 2. The molecular weight excluding hydrogens is 546 g/mol. The van der Waals surface area contributed by atoms with E-state index in [0.717, 1.165) is 44.3 Å². The van der Waals surface area contributed by atoms with Gasteiger partial charge in [0, 0.05) is 52.5 Å². The third-order valence-electron chi connectivity index (χ3n) is 7.74. The van der Waals surface area contributed by atoms with Gasteiger partial charge in [-0.2, -0.15) is 0 Å². The second-order valence-electron chi connectivity index (χ2n) is 12.1. The molecule has 2 aromatic rings. The van der Waals surface area contributed by atoms with E-state index in [1.165, 1.54) is 0 Å². The number of rotatable bonds is 8. The van der Waals surface area contributed by atoms with Crippen LogP contribution in [0.3, 0.4) is 0 Å². The van der Waals surface area contributed by atoms with Crippen LogP contribution in [0.1, 0.15) is 90.4 Å². The molecule has 1 aromatic heterocycles. The van der Waals surface area contributed by atoms with Crippen molar-refractivity contribution in [2.75, 3.05) is 16.8 Å². The van der Waals surface area contributed by atoms with Gasteiger partial charge < -0.3 is 21.3 Å². The van der Waals surface area contributed by atoms with Crippen molar-refractivity contribution < 1.29 is 14.4 Å². The number of carbonyl (C=O) groups excluding carboxylic acids is 3. The van der Waals surface area contributed by atoms with Crippen LogP contribution in [0.25, 0.3) is 0 Å². The number of pyridine rings is 1. The van der Waals surface area contributed by atoms with E-state index in [4.69, 9.17) is 5.73 Å². The molecule has 9 heteroatoms. The van der Waals surface area contributed by atoms with Gasteiger partial charge in [0.25, 0.3) is 11.8 Å². The number of aromatic nitrogens is 1. The zero-order valence-electron chi connectivity index (χ0n) is 22.2. The van der Waals surface area contributed by atoms with E-state index in [-0.39, 0.29) is 29.1 Å². The minimum atomic E-state index is -0.545. The predicted octanol–water partition coefficient (Wildman–Crippen LogP) is 4.92. The maximum atomic E-state index is 13.4. The largest absolute Gasteiger partial charge is 0.384 e. The highest BCUT2D eigenvalue weighted by Crippen LogP contribution is 2.39. The molecule has 2 bridgehead atoms. The second-order valence-corrected chi connectivity index (χ2v) is 13.0. The lowest BCUT2D eigenvalue weighted by molar-refractivity contribution is 0.0923. The van der Waals surface area contributed by atoms with Crippen LogP contribution >= 0.6 is 15.9 Å². The first-order valence-electron chi connectivity index (χ1n) is 13.5. The van der Waals surface area contributed by atoms with Crippen molar-refractivity contribution in [3.05, 3.63) is 51.6 Å². The number of halogens is 1. The van der Waals surface area contributed by atoms with Gasteiger partial charge in [-0.25, -0.2) is 4.98 Å². The minimum absolute atomic E-state index is 0.0143. The van der Waals surface area contributed by atoms with Crippen LogP contribution < -0.4 is 21.3 Å². The van der Waals surface area contributed by atoms with Crippen molar-refractivity contribution >= 4 is 45.0 Å². The third-order valence-corrected chi connectivity index (χ3v) is 8.40. The molecular formula is C29H36BrN5O3. The smallest absolute Gasteiger partial charge is 0.252 e. The third kappa shape index (κ3) is 5.72. The van der Waals surface area contributed by atoms with E-state index in [1.807, 2.05) is 12.1 Å². The molecule has 3 aliphatic rings. The summed E-state index contributed by atoms with van der Waals surface area (Å²) in [4.78, 5) is 44.8. The Kier molecular flexibility index (Phi) is 7.24. The van der Waals surface area contributed by atoms with Gasteiger partial charge in [0.05, 0.1) is 11.1 Å². The molecule has 1 aliphatic carbocycles. The zero-order chi connectivity index (χ0) is 27.2. The molecule has 202 valence electrons. The lowest BCUT2D eigenvalue weighted by Crippen LogP contribution is -2.50. The summed E-state index contributed by atoms with van der Waals surface area (Å²) >= 11 is 3.47. The van der Waals surface area contributed by atoms with E-state index in [1.54, 1.807) is 18.3 Å². The molecule has 1 aromatic carbocycles. The number of Topliss-reactive ketones (excluding diaryl/α,β-unsaturated/α-hetero) is 1. The van der Waals surface area contributed by atoms with Gasteiger partial charge >= 0.3 is 0 Å². The fraction of sp³-hybridized carbons (Fsp3) is 0.517. The molecule has 1 saturated carbocycles. The molecule has 3 fully saturated rings. The molecule has 38 heavy (non-hydrogen) atoms. The van der Waals surface area contributed by atoms with E-state index in [2.05, 4.69) is 57.2 Å². The van der Waals surface area contributed by atoms with Crippen molar-refractivity contribution in [1.29, 1.82) is 0 Å². The number of nitrogens with zero attached hydrogens (tertiary/aromatic N) is 2. The molecule has 0 unspecified atom stereocenters. The predicted molar refractivity (Wildman–Crippen MR) is 152 cm³/mol. The molecule has 2 aliphatic heterocycles. The van der Waals surface area contributed by atoms with Crippen molar-refractivity contribution in [3.8, 4) is 0 Å².